The molecule has 15 aromatic rings. The molecule has 3 unspecified atom stereocenters. The van der Waals surface area contributed by atoms with Crippen molar-refractivity contribution in [3.05, 3.63) is 335 Å². The molecule has 26 rings (SSSR count). The van der Waals surface area contributed by atoms with Crippen LogP contribution < -0.4 is 10.3 Å². The lowest BCUT2D eigenvalue weighted by Gasteiger charge is -2.15. The molecule has 34 heteroatoms. The van der Waals surface area contributed by atoms with Crippen molar-refractivity contribution in [2.45, 2.75) is 276 Å². The normalized spacial score (nSPS) is 23.9. The van der Waals surface area contributed by atoms with Crippen molar-refractivity contribution >= 4 is 85.9 Å². The molecular formula is C111H125N17O14S3. The second-order valence-electron chi connectivity index (χ2n) is 40.3. The van der Waals surface area contributed by atoms with E-state index in [4.69, 9.17) is 27.9 Å². The van der Waals surface area contributed by atoms with E-state index in [1.807, 2.05) is 70.4 Å². The highest BCUT2D eigenvalue weighted by atomic mass is 32.2. The standard InChI is InChI=1S/2C21H24N4O4S.C21H23N3O2.C21H21N3.C16H15N3.C6H10O3S.C5H8O/c2*22-30(27,28)29-20-11-15(10-19(20)26)25-8-7-17-18(23-12-24-21(17)25)9-14-6-5-13-3-1-2-4-16(13)14;25-19-10-15(11-20(19)26)24-8-7-17-18(22-12-23-21(17)24)9-14-6-5-13-3-1-2-4-16(13)14;1-4-8-18-15(5-1)9-10-16(18)13-20-19-11-12-24(17-6-2-3-7-17)21(19)23-14-22-20;1-2-4-13-11(3-1)5-6-12(13)9-15-14-7-8-17-16(14)19-10-18-15;1-10(7,8)9-6-4-2-3-5-6;6-5-3-1-2-4-5/h2*1-4,7-8,12,14-15,19-20,26H,5-6,9-11H2,(H2,22,27,28);1-4,7-8,12,14-15,19-20,25-26H,5-6,9-11H2;1-5,8,11-12,14,16-17H,6-7,9-10,13H2;1-4,7-8,10,12H,5-6,9H2,(H,17,18,19);2-3,6H,4-5H2,1H3;1-2,5-6H,3-4H2/t14-,15?,19+,20-;2*14-,15?,19-,20+;16-;12-;;/m11111../s1. The molecule has 10 heterocycles. The fourth-order valence-electron chi connectivity index (χ4n) is 23.9. The van der Waals surface area contributed by atoms with E-state index in [2.05, 4.69) is 222 Å². The van der Waals surface area contributed by atoms with Gasteiger partial charge in [0.05, 0.1) is 71.3 Å². The van der Waals surface area contributed by atoms with Gasteiger partial charge in [0, 0.05) is 82.1 Å². The quantitative estimate of drug-likeness (QED) is 0.0259. The highest BCUT2D eigenvalue weighted by Gasteiger charge is 2.41. The number of aryl methyl sites for hydroxylation is 5. The Bertz CT molecular complexity index is 7370. The average Bonchev–Trinajstić information content (AvgIpc) is 1.63. The maximum atomic E-state index is 11.3. The van der Waals surface area contributed by atoms with Gasteiger partial charge in [-0.05, 0) is 289 Å². The topological polar surface area (TPSA) is 448 Å². The van der Waals surface area contributed by atoms with Gasteiger partial charge in [0.15, 0.2) is 0 Å². The molecule has 0 saturated heterocycles. The summed E-state index contributed by atoms with van der Waals surface area (Å²) in [5.41, 5.74) is 24.6. The highest BCUT2D eigenvalue weighted by Crippen LogP contribution is 2.46. The van der Waals surface area contributed by atoms with E-state index in [1.165, 1.54) is 98.8 Å². The summed E-state index contributed by atoms with van der Waals surface area (Å²) in [7, 11) is -11.5. The number of aromatic amines is 1. The molecule has 756 valence electrons. The molecule has 14 atom stereocenters. The summed E-state index contributed by atoms with van der Waals surface area (Å²) in [4.78, 5) is 48.3. The predicted molar refractivity (Wildman–Crippen MR) is 555 cm³/mol. The summed E-state index contributed by atoms with van der Waals surface area (Å²) in [6, 6.07) is 54.3. The minimum atomic E-state index is -4.11. The lowest BCUT2D eigenvalue weighted by Crippen LogP contribution is -2.29. The van der Waals surface area contributed by atoms with Crippen LogP contribution >= 0.6 is 0 Å². The van der Waals surface area contributed by atoms with Gasteiger partial charge in [-0.2, -0.15) is 25.3 Å². The fraction of sp³-hybridized carbons (Fsp3) is 0.405. The van der Waals surface area contributed by atoms with Gasteiger partial charge in [0.2, 0.25) is 0 Å². The Balaban J connectivity index is 0.000000107. The molecule has 0 aliphatic heterocycles. The predicted octanol–water partition coefficient (Wildman–Crippen LogP) is 15.9. The van der Waals surface area contributed by atoms with Crippen LogP contribution in [-0.4, -0.2) is 179 Å². The first kappa shape index (κ1) is 100. The first-order valence-electron chi connectivity index (χ1n) is 50.8. The van der Waals surface area contributed by atoms with Crippen molar-refractivity contribution in [3.63, 3.8) is 0 Å². The van der Waals surface area contributed by atoms with Crippen molar-refractivity contribution < 1.29 is 63.3 Å². The molecule has 3 fully saturated rings. The SMILES string of the molecule is C1=CCC(n2ccc3c(C[C@H]4CCc5ccccc54)ncnc32)C1.CS(=O)(=O)OC1CC=CC1.NS(=O)(=O)O[C@@H]1CC(n2ccc3c(C[C@H]4CCc5ccccc54)ncnc32)C[C@@H]1O.NS(=O)(=O)O[C@H]1CC(n2ccc3c(C[C@H]4CCc5ccccc54)ncnc32)C[C@H]1O.OC1CC=CC1.O[C@@H]1CC(n2ccc3c(C[C@H]4CCc5ccccc54)ncnc32)C[C@@H]1O.c1ccc2c(c1)CC[C@@H]2Cc1ncnc2[nH]ccc12. The Hall–Kier alpha value is -12.1. The maximum Gasteiger partial charge on any atom is 0.333 e. The highest BCUT2D eigenvalue weighted by molar-refractivity contribution is 7.86. The second kappa shape index (κ2) is 44.3. The summed E-state index contributed by atoms with van der Waals surface area (Å²) in [6.45, 7) is 0. The lowest BCUT2D eigenvalue weighted by molar-refractivity contribution is 0.0438. The number of aromatic nitrogens is 15. The van der Waals surface area contributed by atoms with Crippen LogP contribution in [0.4, 0.5) is 0 Å². The number of nitrogens with two attached hydrogens (primary N) is 2. The number of fused-ring (bicyclic) bond motifs is 10. The molecule has 31 nitrogen and oxygen atoms in total. The first-order valence-corrected chi connectivity index (χ1v) is 55.6. The molecule has 5 aromatic carbocycles. The van der Waals surface area contributed by atoms with Gasteiger partial charge in [-0.3, -0.25) is 12.5 Å². The zero-order valence-corrected chi connectivity index (χ0v) is 83.6. The van der Waals surface area contributed by atoms with Crippen LogP contribution in [0.2, 0.25) is 0 Å². The molecule has 0 bridgehead atoms. The van der Waals surface area contributed by atoms with E-state index in [0.717, 1.165) is 169 Å². The average molecular weight is 2020 g/mol. The van der Waals surface area contributed by atoms with Crippen LogP contribution in [0.3, 0.4) is 0 Å². The van der Waals surface area contributed by atoms with E-state index in [1.54, 1.807) is 31.6 Å². The molecule has 10 N–H and O–H groups in total. The smallest absolute Gasteiger partial charge is 0.333 e. The zero-order chi connectivity index (χ0) is 100. The third kappa shape index (κ3) is 23.5. The minimum Gasteiger partial charge on any atom is -0.392 e. The van der Waals surface area contributed by atoms with Crippen LogP contribution in [0, 0.1) is 0 Å². The van der Waals surface area contributed by atoms with Gasteiger partial charge < -0.3 is 48.8 Å². The van der Waals surface area contributed by atoms with E-state index < -0.39 is 67.4 Å². The number of rotatable bonds is 20. The van der Waals surface area contributed by atoms with E-state index in [9.17, 15) is 45.7 Å². The summed E-state index contributed by atoms with van der Waals surface area (Å²) in [5.74, 6) is 2.61. The van der Waals surface area contributed by atoms with Crippen molar-refractivity contribution in [1.82, 2.24) is 73.1 Å². The largest absolute Gasteiger partial charge is 0.392 e. The molecule has 0 radical (unpaired) electrons. The number of H-pyrrole nitrogens is 1. The molecule has 0 amide bonds. The van der Waals surface area contributed by atoms with Gasteiger partial charge in [-0.25, -0.2) is 60.1 Å². The Kier molecular flexibility index (Phi) is 30.6. The van der Waals surface area contributed by atoms with E-state index >= 15 is 0 Å². The number of aliphatic hydroxyl groups is 5. The van der Waals surface area contributed by atoms with Crippen LogP contribution in [0.5, 0.6) is 0 Å². The van der Waals surface area contributed by atoms with Crippen molar-refractivity contribution in [1.29, 1.82) is 0 Å². The molecule has 11 aliphatic carbocycles. The van der Waals surface area contributed by atoms with Crippen molar-refractivity contribution in [2.75, 3.05) is 6.26 Å². The van der Waals surface area contributed by atoms with Crippen molar-refractivity contribution in [3.8, 4) is 0 Å². The number of hydrogen-bond acceptors (Lipinski definition) is 24. The molecule has 10 aromatic heterocycles. The molecular weight excluding hydrogens is 1890 g/mol. The van der Waals surface area contributed by atoms with Gasteiger partial charge in [-0.15, -0.1) is 0 Å². The number of allylic oxidation sites excluding steroid dienone is 2. The number of nitrogens with one attached hydrogen (secondary N) is 1. The monoisotopic (exact) mass is 2020 g/mol. The van der Waals surface area contributed by atoms with Gasteiger partial charge in [0.1, 0.15) is 72.1 Å². The number of hydrogen-bond donors (Lipinski definition) is 8. The minimum absolute atomic E-state index is 0.0648. The molecule has 0 spiro atoms. The zero-order valence-electron chi connectivity index (χ0n) is 81.1. The van der Waals surface area contributed by atoms with E-state index in [-0.39, 0.29) is 30.3 Å². The Morgan fingerprint density at radius 3 is 0.917 bits per heavy atom. The summed E-state index contributed by atoms with van der Waals surface area (Å²) in [6.07, 6.45) is 51.0. The summed E-state index contributed by atoms with van der Waals surface area (Å²) in [5, 5.41) is 64.3. The Morgan fingerprint density at radius 2 is 0.607 bits per heavy atom. The number of nitrogens with zero attached hydrogens (tertiary/aromatic N) is 14. The molecule has 145 heavy (non-hydrogen) atoms. The number of aliphatic hydroxyl groups excluding tert-OH is 5. The Labute approximate surface area is 844 Å². The lowest BCUT2D eigenvalue weighted by atomic mass is 9.95. The molecule has 11 aliphatic rings. The van der Waals surface area contributed by atoms with Gasteiger partial charge in [0.25, 0.3) is 10.1 Å². The van der Waals surface area contributed by atoms with Crippen LogP contribution in [0.1, 0.15) is 247 Å². The first-order chi connectivity index (χ1) is 70.3. The maximum absolute atomic E-state index is 11.3. The van der Waals surface area contributed by atoms with Crippen LogP contribution in [-0.2, 0) is 107 Å². The summed E-state index contributed by atoms with van der Waals surface area (Å²) < 4.78 is 88.9. The third-order valence-corrected chi connectivity index (χ3v) is 32.6. The summed E-state index contributed by atoms with van der Waals surface area (Å²) >= 11 is 0. The third-order valence-electron chi connectivity index (χ3n) is 31.0. The van der Waals surface area contributed by atoms with Gasteiger partial charge in [-0.1, -0.05) is 158 Å². The number of benzene rings is 5. The van der Waals surface area contributed by atoms with Crippen LogP contribution in [0.25, 0.3) is 55.2 Å². The van der Waals surface area contributed by atoms with Crippen LogP contribution in [0.15, 0.2) is 251 Å². The Morgan fingerprint density at radius 1 is 0.324 bits per heavy atom. The van der Waals surface area contributed by atoms with Gasteiger partial charge >= 0.3 is 20.6 Å². The fourth-order valence-corrected chi connectivity index (χ4v) is 25.7. The second-order valence-corrected chi connectivity index (χ2v) is 44.3. The van der Waals surface area contributed by atoms with Crippen molar-refractivity contribution in [2.24, 2.45) is 10.3 Å². The van der Waals surface area contributed by atoms with E-state index in [0.29, 0.717) is 87.0 Å². The molecule has 3 saturated carbocycles.